The van der Waals surface area contributed by atoms with E-state index in [1.165, 1.54) is 44.6 Å². The number of fused-ring (bicyclic) bond motifs is 3. The van der Waals surface area contributed by atoms with Gasteiger partial charge in [-0.15, -0.1) is 0 Å². The highest BCUT2D eigenvalue weighted by Gasteiger charge is 2.51. The predicted molar refractivity (Wildman–Crippen MR) is 143 cm³/mol. The zero-order valence-electron chi connectivity index (χ0n) is 21.3. The second kappa shape index (κ2) is 9.04. The number of aryl methyl sites for hydroxylation is 3. The van der Waals surface area contributed by atoms with E-state index < -0.39 is 0 Å². The number of halogens is 1. The van der Waals surface area contributed by atoms with Crippen molar-refractivity contribution in [2.24, 2.45) is 23.2 Å². The molecule has 1 heterocycles. The fourth-order valence-corrected chi connectivity index (χ4v) is 8.33. The molecule has 5 heteroatoms. The van der Waals surface area contributed by atoms with Crippen LogP contribution in [-0.2, 0) is 30.5 Å². The van der Waals surface area contributed by atoms with E-state index in [0.717, 1.165) is 64.4 Å². The van der Waals surface area contributed by atoms with E-state index in [0.29, 0.717) is 25.1 Å². The minimum atomic E-state index is -0.203. The minimum Gasteiger partial charge on any atom is -0.309 e. The van der Waals surface area contributed by atoms with E-state index in [4.69, 9.17) is 9.97 Å². The molecule has 4 bridgehead atoms. The van der Waals surface area contributed by atoms with Gasteiger partial charge in [-0.2, -0.15) is 0 Å². The summed E-state index contributed by atoms with van der Waals surface area (Å²) in [7, 11) is 0. The van der Waals surface area contributed by atoms with Gasteiger partial charge in [0.2, 0.25) is 5.91 Å². The molecule has 0 aliphatic heterocycles. The molecule has 2 aromatic carbocycles. The molecule has 0 unspecified atom stereocenters. The van der Waals surface area contributed by atoms with Crippen LogP contribution in [0.25, 0.3) is 11.3 Å². The first-order valence-electron chi connectivity index (χ1n) is 14.0. The van der Waals surface area contributed by atoms with Gasteiger partial charge in [0.25, 0.3) is 0 Å². The Morgan fingerprint density at radius 3 is 2.41 bits per heavy atom. The van der Waals surface area contributed by atoms with Gasteiger partial charge in [-0.3, -0.25) is 4.79 Å². The Bertz CT molecular complexity index is 1320. The highest BCUT2D eigenvalue weighted by molar-refractivity contribution is 5.90. The van der Waals surface area contributed by atoms with Crippen LogP contribution in [0.5, 0.6) is 0 Å². The van der Waals surface area contributed by atoms with Crippen molar-refractivity contribution in [1.29, 1.82) is 0 Å². The largest absolute Gasteiger partial charge is 0.309 e. The van der Waals surface area contributed by atoms with Crippen LogP contribution in [0.4, 0.5) is 10.2 Å². The molecule has 0 atom stereocenters. The average molecular weight is 496 g/mol. The topological polar surface area (TPSA) is 54.9 Å². The van der Waals surface area contributed by atoms with Crippen molar-refractivity contribution in [3.63, 3.8) is 0 Å². The highest BCUT2D eigenvalue weighted by atomic mass is 19.1. The second-order valence-corrected chi connectivity index (χ2v) is 12.2. The van der Waals surface area contributed by atoms with E-state index >= 15 is 0 Å². The molecule has 0 spiro atoms. The second-order valence-electron chi connectivity index (χ2n) is 12.2. The number of rotatable bonds is 6. The Hall–Kier alpha value is -3.08. The van der Waals surface area contributed by atoms with Gasteiger partial charge < -0.3 is 5.32 Å². The fourth-order valence-electron chi connectivity index (χ4n) is 8.33. The molecule has 37 heavy (non-hydrogen) atoms. The van der Waals surface area contributed by atoms with Crippen LogP contribution in [0.3, 0.4) is 0 Å². The van der Waals surface area contributed by atoms with E-state index in [1.807, 2.05) is 24.3 Å². The molecule has 3 aromatic rings. The molecule has 8 rings (SSSR count). The maximum absolute atomic E-state index is 14.0. The molecule has 0 radical (unpaired) electrons. The summed E-state index contributed by atoms with van der Waals surface area (Å²) in [5.74, 6) is 2.99. The van der Waals surface area contributed by atoms with Crippen molar-refractivity contribution in [3.05, 3.63) is 76.9 Å². The van der Waals surface area contributed by atoms with Crippen LogP contribution in [0.2, 0.25) is 0 Å². The number of nitrogens with zero attached hydrogens (tertiary/aromatic N) is 2. The van der Waals surface area contributed by atoms with E-state index in [9.17, 15) is 9.18 Å². The number of anilines is 1. The van der Waals surface area contributed by atoms with Gasteiger partial charge >= 0.3 is 0 Å². The molecule has 1 amide bonds. The standard InChI is InChI=1S/C32H34FN3O/c33-25-8-9-26-24(15-25)7-10-27-30(26)34-28(19-32-16-21-12-22(17-32)14-23(13-21)18-32)31(35-27)36-29(37)11-6-20-4-2-1-3-5-20/h1-5,8-9,15,21-23H,6-7,10-14,16-19H2,(H,35,36,37). The summed E-state index contributed by atoms with van der Waals surface area (Å²) in [5.41, 5.74) is 6.14. The third-order valence-corrected chi connectivity index (χ3v) is 9.44. The molecule has 4 saturated carbocycles. The SMILES string of the molecule is O=C(CCc1ccccc1)Nc1nc2c(nc1CC13CC4CC(CC(C4)C1)C3)-c1ccc(F)cc1CC2. The van der Waals surface area contributed by atoms with Gasteiger partial charge in [-0.1, -0.05) is 30.3 Å². The van der Waals surface area contributed by atoms with Crippen molar-refractivity contribution < 1.29 is 9.18 Å². The first kappa shape index (κ1) is 23.1. The Balaban J connectivity index is 1.21. The van der Waals surface area contributed by atoms with Crippen LogP contribution in [0, 0.1) is 29.0 Å². The Labute approximate surface area is 218 Å². The number of amides is 1. The first-order valence-corrected chi connectivity index (χ1v) is 14.0. The number of carbonyl (C=O) groups is 1. The number of benzene rings is 2. The number of aromatic nitrogens is 2. The van der Waals surface area contributed by atoms with Crippen molar-refractivity contribution >= 4 is 11.7 Å². The number of hydrogen-bond donors (Lipinski definition) is 1. The molecule has 190 valence electrons. The summed E-state index contributed by atoms with van der Waals surface area (Å²) in [6, 6.07) is 15.1. The van der Waals surface area contributed by atoms with Crippen molar-refractivity contribution in [2.45, 2.75) is 70.6 Å². The maximum Gasteiger partial charge on any atom is 0.225 e. The summed E-state index contributed by atoms with van der Waals surface area (Å²) in [5, 5.41) is 3.17. The third kappa shape index (κ3) is 4.47. The third-order valence-electron chi connectivity index (χ3n) is 9.44. The van der Waals surface area contributed by atoms with Crippen LogP contribution in [0.15, 0.2) is 48.5 Å². The Kier molecular flexibility index (Phi) is 5.63. The van der Waals surface area contributed by atoms with Gasteiger partial charge in [0.1, 0.15) is 5.82 Å². The van der Waals surface area contributed by atoms with Crippen LogP contribution in [0.1, 0.15) is 67.5 Å². The molecule has 4 nitrogen and oxygen atoms in total. The van der Waals surface area contributed by atoms with Crippen LogP contribution in [-0.4, -0.2) is 15.9 Å². The molecule has 4 fully saturated rings. The lowest BCUT2D eigenvalue weighted by atomic mass is 9.48. The molecule has 5 aliphatic carbocycles. The molecule has 1 aromatic heterocycles. The van der Waals surface area contributed by atoms with Gasteiger partial charge in [0.05, 0.1) is 17.1 Å². The smallest absolute Gasteiger partial charge is 0.225 e. The lowest BCUT2D eigenvalue weighted by Crippen LogP contribution is -2.47. The van der Waals surface area contributed by atoms with Crippen molar-refractivity contribution in [3.8, 4) is 11.3 Å². The van der Waals surface area contributed by atoms with Gasteiger partial charge in [0.15, 0.2) is 5.82 Å². The number of carbonyl (C=O) groups excluding carboxylic acids is 1. The highest BCUT2D eigenvalue weighted by Crippen LogP contribution is 2.61. The van der Waals surface area contributed by atoms with Crippen LogP contribution < -0.4 is 5.32 Å². The minimum absolute atomic E-state index is 0.0110. The summed E-state index contributed by atoms with van der Waals surface area (Å²) in [6.07, 6.45) is 11.5. The van der Waals surface area contributed by atoms with E-state index in [2.05, 4.69) is 17.4 Å². The number of nitrogens with one attached hydrogen (secondary N) is 1. The zero-order chi connectivity index (χ0) is 25.0. The van der Waals surface area contributed by atoms with Gasteiger partial charge in [0, 0.05) is 12.0 Å². The zero-order valence-corrected chi connectivity index (χ0v) is 21.3. The van der Waals surface area contributed by atoms with Crippen molar-refractivity contribution in [2.75, 3.05) is 5.32 Å². The first-order chi connectivity index (χ1) is 18.0. The summed E-state index contributed by atoms with van der Waals surface area (Å²) < 4.78 is 14.0. The summed E-state index contributed by atoms with van der Waals surface area (Å²) in [6.45, 7) is 0. The summed E-state index contributed by atoms with van der Waals surface area (Å²) in [4.78, 5) is 23.4. The summed E-state index contributed by atoms with van der Waals surface area (Å²) >= 11 is 0. The Morgan fingerprint density at radius 2 is 1.68 bits per heavy atom. The quantitative estimate of drug-likeness (QED) is 0.413. The van der Waals surface area contributed by atoms with Gasteiger partial charge in [-0.05, 0) is 117 Å². The molecular formula is C32H34FN3O. The van der Waals surface area contributed by atoms with E-state index in [1.54, 1.807) is 6.07 Å². The monoisotopic (exact) mass is 495 g/mol. The Morgan fingerprint density at radius 1 is 0.946 bits per heavy atom. The van der Waals surface area contributed by atoms with Crippen molar-refractivity contribution in [1.82, 2.24) is 9.97 Å². The molecule has 0 saturated heterocycles. The lowest BCUT2D eigenvalue weighted by Gasteiger charge is -2.57. The fraction of sp³-hybridized carbons (Fsp3) is 0.469. The maximum atomic E-state index is 14.0. The predicted octanol–water partition coefficient (Wildman–Crippen LogP) is 6.71. The molecular weight excluding hydrogens is 461 g/mol. The molecule has 5 aliphatic rings. The number of hydrogen-bond acceptors (Lipinski definition) is 3. The lowest BCUT2D eigenvalue weighted by molar-refractivity contribution is -0.116. The van der Waals surface area contributed by atoms with Gasteiger partial charge in [-0.25, -0.2) is 14.4 Å². The van der Waals surface area contributed by atoms with Crippen LogP contribution >= 0.6 is 0 Å². The molecule has 1 N–H and O–H groups in total. The van der Waals surface area contributed by atoms with E-state index in [-0.39, 0.29) is 17.1 Å². The normalized spacial score (nSPS) is 27.0. The average Bonchev–Trinajstić information content (AvgIpc) is 2.87.